The van der Waals surface area contributed by atoms with Gasteiger partial charge in [-0.05, 0) is 54.3 Å². The standard InChI is InChI=1S/C26H27FN4O2/c1-18(13-25(32)21-9-11-22(27)12-10-21)30-26(33)28-15-19-5-4-6-20(14-19)16-31-17-29-23-7-2-3-8-24(23)31/h2-12,14,17-18,25,32H,13,15-16H2,1H3,(H2,28,30,33). The summed E-state index contributed by atoms with van der Waals surface area (Å²) in [6.45, 7) is 2.90. The van der Waals surface area contributed by atoms with E-state index >= 15 is 0 Å². The third-order valence-electron chi connectivity index (χ3n) is 5.53. The molecular weight excluding hydrogens is 419 g/mol. The van der Waals surface area contributed by atoms with Crippen LogP contribution < -0.4 is 10.6 Å². The van der Waals surface area contributed by atoms with Crippen molar-refractivity contribution in [2.24, 2.45) is 0 Å². The van der Waals surface area contributed by atoms with Gasteiger partial charge in [0.1, 0.15) is 5.82 Å². The van der Waals surface area contributed by atoms with E-state index in [9.17, 15) is 14.3 Å². The summed E-state index contributed by atoms with van der Waals surface area (Å²) in [5.74, 6) is -0.348. The van der Waals surface area contributed by atoms with Gasteiger partial charge in [-0.3, -0.25) is 0 Å². The molecule has 33 heavy (non-hydrogen) atoms. The van der Waals surface area contributed by atoms with E-state index in [0.29, 0.717) is 25.1 Å². The van der Waals surface area contributed by atoms with Crippen LogP contribution in [0.3, 0.4) is 0 Å². The van der Waals surface area contributed by atoms with Crippen molar-refractivity contribution in [3.8, 4) is 0 Å². The number of urea groups is 1. The lowest BCUT2D eigenvalue weighted by molar-refractivity contribution is 0.154. The van der Waals surface area contributed by atoms with Gasteiger partial charge in [0, 0.05) is 19.1 Å². The molecule has 170 valence electrons. The molecule has 0 aliphatic heterocycles. The molecule has 1 aromatic heterocycles. The third-order valence-corrected chi connectivity index (χ3v) is 5.53. The van der Waals surface area contributed by atoms with Gasteiger partial charge in [0.15, 0.2) is 0 Å². The first-order valence-corrected chi connectivity index (χ1v) is 10.9. The van der Waals surface area contributed by atoms with E-state index in [1.165, 1.54) is 12.1 Å². The van der Waals surface area contributed by atoms with Crippen molar-refractivity contribution in [1.29, 1.82) is 0 Å². The van der Waals surface area contributed by atoms with Crippen molar-refractivity contribution in [1.82, 2.24) is 20.2 Å². The lowest BCUT2D eigenvalue weighted by Crippen LogP contribution is -2.41. The highest BCUT2D eigenvalue weighted by Crippen LogP contribution is 2.19. The molecule has 3 aromatic carbocycles. The van der Waals surface area contributed by atoms with Crippen molar-refractivity contribution in [3.63, 3.8) is 0 Å². The van der Waals surface area contributed by atoms with Crippen molar-refractivity contribution >= 4 is 17.1 Å². The zero-order valence-electron chi connectivity index (χ0n) is 18.4. The van der Waals surface area contributed by atoms with Gasteiger partial charge in [-0.25, -0.2) is 14.2 Å². The SMILES string of the molecule is CC(CC(O)c1ccc(F)cc1)NC(=O)NCc1cccc(Cn2cnc3ccccc32)c1. The van der Waals surface area contributed by atoms with Crippen molar-refractivity contribution in [3.05, 3.63) is 102 Å². The number of aliphatic hydroxyl groups excluding tert-OH is 1. The fraction of sp³-hybridized carbons (Fsp3) is 0.231. The smallest absolute Gasteiger partial charge is 0.315 e. The molecule has 0 saturated carbocycles. The number of halogens is 1. The number of nitrogens with zero attached hydrogens (tertiary/aromatic N) is 2. The number of nitrogens with one attached hydrogen (secondary N) is 2. The summed E-state index contributed by atoms with van der Waals surface area (Å²) in [5.41, 5.74) is 4.77. The Balaban J connectivity index is 1.28. The lowest BCUT2D eigenvalue weighted by Gasteiger charge is -2.18. The van der Waals surface area contributed by atoms with Crippen LogP contribution in [0.15, 0.2) is 79.1 Å². The summed E-state index contributed by atoms with van der Waals surface area (Å²) in [6.07, 6.45) is 1.38. The molecule has 2 atom stereocenters. The van der Waals surface area contributed by atoms with Crippen LogP contribution in [0.5, 0.6) is 0 Å². The first kappa shape index (κ1) is 22.5. The van der Waals surface area contributed by atoms with E-state index < -0.39 is 6.10 Å². The van der Waals surface area contributed by atoms with Crippen LogP contribution in [0.2, 0.25) is 0 Å². The molecule has 2 unspecified atom stereocenters. The van der Waals surface area contributed by atoms with E-state index in [-0.39, 0.29) is 17.9 Å². The van der Waals surface area contributed by atoms with Crippen LogP contribution in [-0.2, 0) is 13.1 Å². The zero-order chi connectivity index (χ0) is 23.2. The van der Waals surface area contributed by atoms with Crippen LogP contribution in [-0.4, -0.2) is 26.7 Å². The van der Waals surface area contributed by atoms with Gasteiger partial charge in [-0.2, -0.15) is 0 Å². The van der Waals surface area contributed by atoms with Gasteiger partial charge < -0.3 is 20.3 Å². The van der Waals surface area contributed by atoms with Crippen molar-refractivity contribution in [2.75, 3.05) is 0 Å². The highest BCUT2D eigenvalue weighted by molar-refractivity contribution is 5.75. The molecule has 1 heterocycles. The molecule has 0 fully saturated rings. The number of amides is 2. The Bertz CT molecular complexity index is 1220. The minimum absolute atomic E-state index is 0.258. The summed E-state index contributed by atoms with van der Waals surface area (Å²) in [7, 11) is 0. The number of benzene rings is 3. The number of aromatic nitrogens is 2. The summed E-state index contributed by atoms with van der Waals surface area (Å²) in [4.78, 5) is 16.7. The highest BCUT2D eigenvalue weighted by atomic mass is 19.1. The Hall–Kier alpha value is -3.71. The molecular formula is C26H27FN4O2. The van der Waals surface area contributed by atoms with Crippen molar-refractivity contribution in [2.45, 2.75) is 38.6 Å². The monoisotopic (exact) mass is 446 g/mol. The first-order chi connectivity index (χ1) is 16.0. The van der Waals surface area contributed by atoms with Gasteiger partial charge >= 0.3 is 6.03 Å². The van der Waals surface area contributed by atoms with Gasteiger partial charge in [-0.1, -0.05) is 48.5 Å². The number of rotatable bonds is 8. The van der Waals surface area contributed by atoms with Gasteiger partial charge in [0.25, 0.3) is 0 Å². The summed E-state index contributed by atoms with van der Waals surface area (Å²) >= 11 is 0. The van der Waals surface area contributed by atoms with Crippen LogP contribution in [0.1, 0.15) is 36.1 Å². The maximum absolute atomic E-state index is 13.0. The minimum atomic E-state index is -0.781. The Kier molecular flexibility index (Phi) is 7.00. The fourth-order valence-electron chi connectivity index (χ4n) is 3.84. The average molecular weight is 447 g/mol. The lowest BCUT2D eigenvalue weighted by atomic mass is 10.0. The van der Waals surface area contributed by atoms with E-state index in [1.54, 1.807) is 12.1 Å². The fourth-order valence-corrected chi connectivity index (χ4v) is 3.84. The Morgan fingerprint density at radius 3 is 2.64 bits per heavy atom. The number of imidazole rings is 1. The molecule has 0 aliphatic rings. The molecule has 0 saturated heterocycles. The van der Waals surface area contributed by atoms with Crippen LogP contribution in [0.4, 0.5) is 9.18 Å². The maximum Gasteiger partial charge on any atom is 0.315 e. The average Bonchev–Trinajstić information content (AvgIpc) is 3.21. The minimum Gasteiger partial charge on any atom is -0.388 e. The predicted molar refractivity (Wildman–Crippen MR) is 126 cm³/mol. The summed E-state index contributed by atoms with van der Waals surface area (Å²) < 4.78 is 15.1. The van der Waals surface area contributed by atoms with E-state index in [2.05, 4.69) is 32.3 Å². The number of fused-ring (bicyclic) bond motifs is 1. The number of aliphatic hydroxyl groups is 1. The van der Waals surface area contributed by atoms with Crippen LogP contribution >= 0.6 is 0 Å². The van der Waals surface area contributed by atoms with E-state index in [0.717, 1.165) is 22.2 Å². The second kappa shape index (κ2) is 10.3. The third kappa shape index (κ3) is 5.96. The Morgan fingerprint density at radius 2 is 1.82 bits per heavy atom. The number of carbonyl (C=O) groups excluding carboxylic acids is 1. The number of hydrogen-bond acceptors (Lipinski definition) is 3. The number of hydrogen-bond donors (Lipinski definition) is 3. The van der Waals surface area contributed by atoms with Crippen molar-refractivity contribution < 1.29 is 14.3 Å². The topological polar surface area (TPSA) is 79.2 Å². The second-order valence-electron chi connectivity index (χ2n) is 8.21. The van der Waals surface area contributed by atoms with Crippen LogP contribution in [0, 0.1) is 5.82 Å². The summed E-state index contributed by atoms with van der Waals surface area (Å²) in [5, 5.41) is 16.0. The zero-order valence-corrected chi connectivity index (χ0v) is 18.4. The van der Waals surface area contributed by atoms with Gasteiger partial charge in [0.05, 0.1) is 23.5 Å². The Labute approximate surface area is 192 Å². The second-order valence-corrected chi connectivity index (χ2v) is 8.21. The molecule has 3 N–H and O–H groups in total. The number of para-hydroxylation sites is 2. The predicted octanol–water partition coefficient (Wildman–Crippen LogP) is 4.54. The maximum atomic E-state index is 13.0. The molecule has 7 heteroatoms. The molecule has 4 aromatic rings. The Morgan fingerprint density at radius 1 is 1.06 bits per heavy atom. The van der Waals surface area contributed by atoms with Crippen LogP contribution in [0.25, 0.3) is 11.0 Å². The number of carbonyl (C=O) groups is 1. The normalized spacial score (nSPS) is 12.9. The quantitative estimate of drug-likeness (QED) is 0.372. The molecule has 0 radical (unpaired) electrons. The molecule has 0 spiro atoms. The highest BCUT2D eigenvalue weighted by Gasteiger charge is 2.14. The molecule has 0 bridgehead atoms. The van der Waals surface area contributed by atoms with Gasteiger partial charge in [0.2, 0.25) is 0 Å². The molecule has 2 amide bonds. The molecule has 0 aliphatic carbocycles. The largest absolute Gasteiger partial charge is 0.388 e. The van der Waals surface area contributed by atoms with E-state index in [1.807, 2.05) is 49.6 Å². The molecule has 4 rings (SSSR count). The van der Waals surface area contributed by atoms with E-state index in [4.69, 9.17) is 0 Å². The first-order valence-electron chi connectivity index (χ1n) is 10.9. The molecule has 6 nitrogen and oxygen atoms in total. The summed E-state index contributed by atoms with van der Waals surface area (Å²) in [6, 6.07) is 21.2. The van der Waals surface area contributed by atoms with Gasteiger partial charge in [-0.15, -0.1) is 0 Å².